The van der Waals surface area contributed by atoms with E-state index >= 15 is 0 Å². The molecule has 0 aliphatic heterocycles. The Morgan fingerprint density at radius 1 is 0.846 bits per heavy atom. The van der Waals surface area contributed by atoms with Gasteiger partial charge in [-0.15, -0.1) is 0 Å². The lowest BCUT2D eigenvalue weighted by Crippen LogP contribution is -2.10. The van der Waals surface area contributed by atoms with Gasteiger partial charge in [0.15, 0.2) is 0 Å². The quantitative estimate of drug-likeness (QED) is 0.710. The fourth-order valence-corrected chi connectivity index (χ4v) is 0.630. The largest absolute Gasteiger partial charge is 0.393 e. The summed E-state index contributed by atoms with van der Waals surface area (Å²) in [5, 5.41) is 8.82. The molecule has 1 heteroatoms. The van der Waals surface area contributed by atoms with Crippen molar-refractivity contribution >= 4 is 0 Å². The van der Waals surface area contributed by atoms with Crippen molar-refractivity contribution in [2.45, 2.75) is 66.9 Å². The molecule has 1 N–H and O–H groups in total. The summed E-state index contributed by atoms with van der Waals surface area (Å²) in [5.74, 6) is 1.39. The molecule has 0 saturated carbocycles. The van der Waals surface area contributed by atoms with Crippen molar-refractivity contribution in [1.82, 2.24) is 0 Å². The van der Waals surface area contributed by atoms with Crippen LogP contribution in [0, 0.1) is 11.8 Å². The molecule has 0 aliphatic rings. The average molecular weight is 188 g/mol. The van der Waals surface area contributed by atoms with E-state index in [-0.39, 0.29) is 6.10 Å². The van der Waals surface area contributed by atoms with Crippen molar-refractivity contribution < 1.29 is 5.11 Å². The summed E-state index contributed by atoms with van der Waals surface area (Å²) in [5.41, 5.74) is 0. The lowest BCUT2D eigenvalue weighted by Gasteiger charge is -2.09. The van der Waals surface area contributed by atoms with Crippen LogP contribution >= 0.6 is 0 Å². The predicted molar refractivity (Wildman–Crippen MR) is 60.9 cm³/mol. The van der Waals surface area contributed by atoms with Crippen molar-refractivity contribution in [1.29, 1.82) is 0 Å². The maximum Gasteiger partial charge on any atom is 0.0537 e. The molecule has 0 saturated heterocycles. The Kier molecular flexibility index (Phi) is 11.9. The summed E-state index contributed by atoms with van der Waals surface area (Å²) in [7, 11) is 0. The number of rotatable bonds is 4. The van der Waals surface area contributed by atoms with Crippen LogP contribution in [0.25, 0.3) is 0 Å². The van der Waals surface area contributed by atoms with E-state index in [0.29, 0.717) is 5.92 Å². The average Bonchev–Trinajstić information content (AvgIpc) is 2.16. The zero-order chi connectivity index (χ0) is 10.9. The van der Waals surface area contributed by atoms with E-state index in [1.54, 1.807) is 0 Å². The third-order valence-electron chi connectivity index (χ3n) is 2.86. The Labute approximate surface area is 84.6 Å². The Bertz CT molecular complexity index is 85.1. The summed E-state index contributed by atoms with van der Waals surface area (Å²) in [4.78, 5) is 0. The summed E-state index contributed by atoms with van der Waals surface area (Å²) >= 11 is 0. The molecule has 2 unspecified atom stereocenters. The van der Waals surface area contributed by atoms with E-state index in [9.17, 15) is 0 Å². The molecule has 0 aromatic carbocycles. The molecule has 82 valence electrons. The SMILES string of the molecule is CCC(C)C(C)O.CCC(C)CC. The van der Waals surface area contributed by atoms with E-state index in [0.717, 1.165) is 12.3 Å². The minimum absolute atomic E-state index is 0.134. The zero-order valence-electron chi connectivity index (χ0n) is 10.3. The molecular weight excluding hydrogens is 160 g/mol. The van der Waals surface area contributed by atoms with Crippen molar-refractivity contribution in [2.24, 2.45) is 11.8 Å². The Morgan fingerprint density at radius 3 is 1.23 bits per heavy atom. The number of aliphatic hydroxyl groups is 1. The maximum absolute atomic E-state index is 8.82. The number of hydrogen-bond donors (Lipinski definition) is 1. The van der Waals surface area contributed by atoms with Crippen LogP contribution < -0.4 is 0 Å². The minimum atomic E-state index is -0.134. The third-order valence-corrected chi connectivity index (χ3v) is 2.86. The van der Waals surface area contributed by atoms with Crippen LogP contribution in [0.1, 0.15) is 60.8 Å². The molecule has 2 atom stereocenters. The monoisotopic (exact) mass is 188 g/mol. The first-order valence-corrected chi connectivity index (χ1v) is 5.67. The maximum atomic E-state index is 8.82. The van der Waals surface area contributed by atoms with E-state index in [1.165, 1.54) is 12.8 Å². The second kappa shape index (κ2) is 10.0. The lowest BCUT2D eigenvalue weighted by atomic mass is 10.0. The van der Waals surface area contributed by atoms with Gasteiger partial charge in [-0.25, -0.2) is 0 Å². The van der Waals surface area contributed by atoms with Gasteiger partial charge in [-0.1, -0.05) is 53.9 Å². The van der Waals surface area contributed by atoms with Crippen LogP contribution in [-0.2, 0) is 0 Å². The van der Waals surface area contributed by atoms with Gasteiger partial charge in [-0.05, 0) is 18.8 Å². The molecule has 0 aromatic heterocycles. The molecule has 1 nitrogen and oxygen atoms in total. The van der Waals surface area contributed by atoms with E-state index in [4.69, 9.17) is 5.11 Å². The summed E-state index contributed by atoms with van der Waals surface area (Å²) < 4.78 is 0. The first kappa shape index (κ1) is 15.4. The Hall–Kier alpha value is -0.0400. The van der Waals surface area contributed by atoms with E-state index < -0.39 is 0 Å². The normalized spacial score (nSPS) is 14.8. The van der Waals surface area contributed by atoms with Gasteiger partial charge in [0.1, 0.15) is 0 Å². The number of hydrogen-bond acceptors (Lipinski definition) is 1. The van der Waals surface area contributed by atoms with Crippen LogP contribution in [0.5, 0.6) is 0 Å². The molecule has 0 spiro atoms. The molecule has 0 bridgehead atoms. The van der Waals surface area contributed by atoms with Gasteiger partial charge in [0.25, 0.3) is 0 Å². The minimum Gasteiger partial charge on any atom is -0.393 e. The van der Waals surface area contributed by atoms with Crippen molar-refractivity contribution in [3.05, 3.63) is 0 Å². The standard InChI is InChI=1S/C6H14O.C6H14/c1-4-5(2)6(3)7;1-4-6(3)5-2/h5-7H,4H2,1-3H3;6H,4-5H2,1-3H3. The molecule has 0 radical (unpaired) electrons. The van der Waals surface area contributed by atoms with E-state index in [2.05, 4.69) is 27.7 Å². The molecular formula is C12H28O. The van der Waals surface area contributed by atoms with Gasteiger partial charge in [-0.2, -0.15) is 0 Å². The highest BCUT2D eigenvalue weighted by Gasteiger charge is 2.03. The van der Waals surface area contributed by atoms with Crippen LogP contribution in [0.4, 0.5) is 0 Å². The van der Waals surface area contributed by atoms with Gasteiger partial charge in [0, 0.05) is 0 Å². The van der Waals surface area contributed by atoms with E-state index in [1.807, 2.05) is 13.8 Å². The van der Waals surface area contributed by atoms with Crippen LogP contribution in [-0.4, -0.2) is 11.2 Å². The fraction of sp³-hybridized carbons (Fsp3) is 1.00. The number of aliphatic hydroxyl groups excluding tert-OH is 1. The molecule has 0 aliphatic carbocycles. The molecule has 0 heterocycles. The van der Waals surface area contributed by atoms with Crippen molar-refractivity contribution in [2.75, 3.05) is 0 Å². The lowest BCUT2D eigenvalue weighted by molar-refractivity contribution is 0.133. The zero-order valence-corrected chi connectivity index (χ0v) is 10.3. The summed E-state index contributed by atoms with van der Waals surface area (Å²) in [6.07, 6.45) is 3.59. The van der Waals surface area contributed by atoms with Crippen LogP contribution in [0.15, 0.2) is 0 Å². The van der Waals surface area contributed by atoms with Gasteiger partial charge < -0.3 is 5.11 Å². The van der Waals surface area contributed by atoms with Crippen molar-refractivity contribution in [3.8, 4) is 0 Å². The Balaban J connectivity index is 0. The fourth-order valence-electron chi connectivity index (χ4n) is 0.630. The Morgan fingerprint density at radius 2 is 1.23 bits per heavy atom. The van der Waals surface area contributed by atoms with Gasteiger partial charge in [0.2, 0.25) is 0 Å². The summed E-state index contributed by atoms with van der Waals surface area (Å²) in [6, 6.07) is 0. The molecule has 0 fully saturated rings. The van der Waals surface area contributed by atoms with Crippen LogP contribution in [0.3, 0.4) is 0 Å². The highest BCUT2D eigenvalue weighted by molar-refractivity contribution is 4.54. The molecule has 0 amide bonds. The first-order chi connectivity index (χ1) is 5.99. The highest BCUT2D eigenvalue weighted by Crippen LogP contribution is 2.04. The van der Waals surface area contributed by atoms with Crippen molar-refractivity contribution in [3.63, 3.8) is 0 Å². The summed E-state index contributed by atoms with van der Waals surface area (Å²) in [6.45, 7) is 12.7. The highest BCUT2D eigenvalue weighted by atomic mass is 16.3. The first-order valence-electron chi connectivity index (χ1n) is 5.67. The van der Waals surface area contributed by atoms with Gasteiger partial charge in [-0.3, -0.25) is 0 Å². The second-order valence-electron chi connectivity index (χ2n) is 4.05. The molecule has 0 rings (SSSR count). The molecule has 13 heavy (non-hydrogen) atoms. The van der Waals surface area contributed by atoms with Gasteiger partial charge >= 0.3 is 0 Å². The smallest absolute Gasteiger partial charge is 0.0537 e. The third kappa shape index (κ3) is 12.0. The van der Waals surface area contributed by atoms with Gasteiger partial charge in [0.05, 0.1) is 6.10 Å². The predicted octanol–water partition coefficient (Wildman–Crippen LogP) is 3.86. The second-order valence-corrected chi connectivity index (χ2v) is 4.05. The topological polar surface area (TPSA) is 20.2 Å². The molecule has 0 aromatic rings. The van der Waals surface area contributed by atoms with Crippen LogP contribution in [0.2, 0.25) is 0 Å².